The molecule has 20 heavy (non-hydrogen) atoms. The predicted molar refractivity (Wildman–Crippen MR) is 79.9 cm³/mol. The van der Waals surface area contributed by atoms with Gasteiger partial charge in [-0.15, -0.1) is 0 Å². The highest BCUT2D eigenvalue weighted by atomic mass is 16.3. The summed E-state index contributed by atoms with van der Waals surface area (Å²) in [5.74, 6) is 0. The van der Waals surface area contributed by atoms with Crippen molar-refractivity contribution in [1.82, 2.24) is 4.98 Å². The highest BCUT2D eigenvalue weighted by Gasteiger charge is 2.21. The quantitative estimate of drug-likeness (QED) is 0.584. The number of aliphatic hydroxyl groups excluding tert-OH is 2. The molecule has 0 saturated heterocycles. The summed E-state index contributed by atoms with van der Waals surface area (Å²) >= 11 is 0. The van der Waals surface area contributed by atoms with Gasteiger partial charge >= 0.3 is 0 Å². The molecular formula is C15H19N3O2. The van der Waals surface area contributed by atoms with E-state index in [0.29, 0.717) is 11.4 Å². The van der Waals surface area contributed by atoms with Gasteiger partial charge in [0.2, 0.25) is 0 Å². The fraction of sp³-hybridized carbons (Fsp3) is 0.267. The third-order valence-electron chi connectivity index (χ3n) is 3.04. The molecule has 0 fully saturated rings. The zero-order valence-corrected chi connectivity index (χ0v) is 11.6. The summed E-state index contributed by atoms with van der Waals surface area (Å²) in [6.07, 6.45) is 0.0272. The highest BCUT2D eigenvalue weighted by Crippen LogP contribution is 2.33. The Morgan fingerprint density at radius 1 is 1.10 bits per heavy atom. The van der Waals surface area contributed by atoms with Crippen LogP contribution in [-0.2, 0) is 0 Å². The number of nitrogen functional groups attached to an aromatic ring is 1. The Morgan fingerprint density at radius 3 is 2.35 bits per heavy atom. The molecule has 5 heteroatoms. The van der Waals surface area contributed by atoms with Gasteiger partial charge in [-0.1, -0.05) is 6.07 Å². The molecule has 0 aliphatic carbocycles. The maximum atomic E-state index is 9.89. The molecule has 5 nitrogen and oxygen atoms in total. The number of rotatable bonds is 4. The van der Waals surface area contributed by atoms with Crippen LogP contribution in [0.2, 0.25) is 0 Å². The zero-order chi connectivity index (χ0) is 14.7. The maximum Gasteiger partial charge on any atom is 0.126 e. The summed E-state index contributed by atoms with van der Waals surface area (Å²) in [4.78, 5) is 5.81. The topological polar surface area (TPSA) is 82.6 Å². The van der Waals surface area contributed by atoms with Crippen molar-refractivity contribution in [3.05, 3.63) is 42.6 Å². The normalized spacial score (nSPS) is 13.8. The van der Waals surface area contributed by atoms with Crippen LogP contribution in [-0.4, -0.2) is 27.7 Å². The van der Waals surface area contributed by atoms with Crippen LogP contribution in [0.25, 0.3) is 11.3 Å². The zero-order valence-electron chi connectivity index (χ0n) is 11.6. The van der Waals surface area contributed by atoms with Gasteiger partial charge in [0, 0.05) is 17.4 Å². The fourth-order valence-electron chi connectivity index (χ4n) is 2.22. The van der Waals surface area contributed by atoms with Gasteiger partial charge in [0.25, 0.3) is 0 Å². The van der Waals surface area contributed by atoms with E-state index < -0.39 is 12.5 Å². The summed E-state index contributed by atoms with van der Waals surface area (Å²) in [6.45, 7) is 3.20. The number of pyridine rings is 1. The molecule has 1 aromatic heterocycles. The minimum Gasteiger partial charge on any atom is -0.399 e. The summed E-state index contributed by atoms with van der Waals surface area (Å²) in [6, 6.07) is 10.9. The molecule has 0 bridgehead atoms. The number of nitrogens with two attached hydrogens (primary N) is 1. The van der Waals surface area contributed by atoms with Crippen LogP contribution in [0.4, 0.5) is 11.4 Å². The predicted octanol–water partition coefficient (Wildman–Crippen LogP) is 1.81. The Bertz CT molecular complexity index is 563. The van der Waals surface area contributed by atoms with Crippen molar-refractivity contribution in [2.75, 3.05) is 10.6 Å². The van der Waals surface area contributed by atoms with Crippen molar-refractivity contribution in [3.8, 4) is 11.3 Å². The lowest BCUT2D eigenvalue weighted by molar-refractivity contribution is 0.105. The lowest BCUT2D eigenvalue weighted by atomic mass is 10.1. The van der Waals surface area contributed by atoms with E-state index >= 15 is 0 Å². The van der Waals surface area contributed by atoms with Crippen LogP contribution in [0.15, 0.2) is 42.6 Å². The first-order valence-electron chi connectivity index (χ1n) is 6.46. The SMILES string of the molecule is CC(O)N(c1ccc(N)cc1-c1ccccn1)C(C)O. The lowest BCUT2D eigenvalue weighted by Gasteiger charge is -2.32. The van der Waals surface area contributed by atoms with E-state index in [4.69, 9.17) is 5.73 Å². The second-order valence-electron chi connectivity index (χ2n) is 4.66. The van der Waals surface area contributed by atoms with Gasteiger partial charge < -0.3 is 20.8 Å². The second-order valence-corrected chi connectivity index (χ2v) is 4.66. The molecule has 2 unspecified atom stereocenters. The van der Waals surface area contributed by atoms with Crippen LogP contribution in [0.5, 0.6) is 0 Å². The van der Waals surface area contributed by atoms with Crippen molar-refractivity contribution >= 4 is 11.4 Å². The molecule has 0 spiro atoms. The molecule has 0 saturated carbocycles. The van der Waals surface area contributed by atoms with E-state index in [0.717, 1.165) is 11.3 Å². The number of aliphatic hydroxyl groups is 2. The largest absolute Gasteiger partial charge is 0.399 e. The molecule has 4 N–H and O–H groups in total. The van der Waals surface area contributed by atoms with Crippen LogP contribution in [0.3, 0.4) is 0 Å². The number of anilines is 2. The van der Waals surface area contributed by atoms with Crippen molar-refractivity contribution in [2.45, 2.75) is 26.3 Å². The third kappa shape index (κ3) is 2.89. The monoisotopic (exact) mass is 273 g/mol. The highest BCUT2D eigenvalue weighted by molar-refractivity contribution is 5.79. The van der Waals surface area contributed by atoms with E-state index in [2.05, 4.69) is 4.98 Å². The Balaban J connectivity index is 2.59. The summed E-state index contributed by atoms with van der Waals surface area (Å²) in [7, 11) is 0. The number of benzene rings is 1. The smallest absolute Gasteiger partial charge is 0.126 e. The van der Waals surface area contributed by atoms with Crippen molar-refractivity contribution in [1.29, 1.82) is 0 Å². The first-order chi connectivity index (χ1) is 9.50. The Hall–Kier alpha value is -2.11. The minimum absolute atomic E-state index is 0.602. The first kappa shape index (κ1) is 14.3. The van der Waals surface area contributed by atoms with Crippen LogP contribution < -0.4 is 10.6 Å². The fourth-order valence-corrected chi connectivity index (χ4v) is 2.22. The van der Waals surface area contributed by atoms with Crippen LogP contribution in [0, 0.1) is 0 Å². The number of hydrogen-bond donors (Lipinski definition) is 3. The third-order valence-corrected chi connectivity index (χ3v) is 3.04. The lowest BCUT2D eigenvalue weighted by Crippen LogP contribution is -2.40. The Labute approximate surface area is 118 Å². The van der Waals surface area contributed by atoms with Gasteiger partial charge in [-0.2, -0.15) is 0 Å². The van der Waals surface area contributed by atoms with E-state index in [9.17, 15) is 10.2 Å². The standard InChI is InChI=1S/C15H19N3O2/c1-10(19)18(11(2)20)15-7-6-12(16)9-13(15)14-5-3-4-8-17-14/h3-11,19-20H,16H2,1-2H3. The molecule has 2 atom stereocenters. The van der Waals surface area contributed by atoms with Crippen molar-refractivity contribution < 1.29 is 10.2 Å². The number of hydrogen-bond acceptors (Lipinski definition) is 5. The molecule has 106 valence electrons. The Kier molecular flexibility index (Phi) is 4.22. The molecule has 0 aliphatic heterocycles. The van der Waals surface area contributed by atoms with Crippen LogP contribution in [0.1, 0.15) is 13.8 Å². The van der Waals surface area contributed by atoms with Crippen LogP contribution >= 0.6 is 0 Å². The number of aromatic nitrogens is 1. The molecule has 0 aliphatic rings. The first-order valence-corrected chi connectivity index (χ1v) is 6.46. The maximum absolute atomic E-state index is 9.89. The van der Waals surface area contributed by atoms with Crippen molar-refractivity contribution in [3.63, 3.8) is 0 Å². The van der Waals surface area contributed by atoms with Gasteiger partial charge in [0.15, 0.2) is 0 Å². The molecule has 2 rings (SSSR count). The van der Waals surface area contributed by atoms with E-state index in [1.54, 1.807) is 38.2 Å². The van der Waals surface area contributed by atoms with E-state index in [-0.39, 0.29) is 0 Å². The number of nitrogens with zero attached hydrogens (tertiary/aromatic N) is 2. The van der Waals surface area contributed by atoms with E-state index in [1.165, 1.54) is 4.90 Å². The van der Waals surface area contributed by atoms with Gasteiger partial charge in [0.1, 0.15) is 12.5 Å². The van der Waals surface area contributed by atoms with Gasteiger partial charge in [-0.05, 0) is 44.2 Å². The molecule has 0 radical (unpaired) electrons. The average Bonchev–Trinajstić information content (AvgIpc) is 2.41. The molecule has 1 aromatic carbocycles. The molecule has 2 aromatic rings. The average molecular weight is 273 g/mol. The van der Waals surface area contributed by atoms with Crippen molar-refractivity contribution in [2.24, 2.45) is 0 Å². The van der Waals surface area contributed by atoms with E-state index in [1.807, 2.05) is 18.2 Å². The second kappa shape index (κ2) is 5.90. The summed E-state index contributed by atoms with van der Waals surface area (Å²) in [5.41, 5.74) is 8.64. The minimum atomic E-state index is -0.832. The molecular weight excluding hydrogens is 254 g/mol. The Morgan fingerprint density at radius 2 is 1.80 bits per heavy atom. The van der Waals surface area contributed by atoms with Gasteiger partial charge in [-0.25, -0.2) is 0 Å². The summed E-state index contributed by atoms with van der Waals surface area (Å²) < 4.78 is 0. The molecule has 1 heterocycles. The van der Waals surface area contributed by atoms with Gasteiger partial charge in [-0.3, -0.25) is 4.98 Å². The van der Waals surface area contributed by atoms with Gasteiger partial charge in [0.05, 0.1) is 11.4 Å². The summed E-state index contributed by atoms with van der Waals surface area (Å²) in [5, 5.41) is 19.8. The molecule has 0 amide bonds.